The summed E-state index contributed by atoms with van der Waals surface area (Å²) in [4.78, 5) is 0. The Labute approximate surface area is 257 Å². The van der Waals surface area contributed by atoms with E-state index in [1.807, 2.05) is 0 Å². The Hall–Kier alpha value is -3.81. The Morgan fingerprint density at radius 1 is 0.756 bits per heavy atom. The first-order valence-electron chi connectivity index (χ1n) is 11.7. The van der Waals surface area contributed by atoms with Gasteiger partial charge < -0.3 is 10.2 Å². The summed E-state index contributed by atoms with van der Waals surface area (Å²) in [5, 5.41) is 54.0. The van der Waals surface area contributed by atoms with Gasteiger partial charge in [-0.1, -0.05) is 22.6 Å². The van der Waals surface area contributed by atoms with Gasteiger partial charge in [-0.3, -0.25) is 0 Å². The highest BCUT2D eigenvalue weighted by Gasteiger charge is 2.57. The zero-order valence-corrected chi connectivity index (χ0v) is 23.6. The molecule has 20 heteroatoms. The number of hydrazone groups is 1. The van der Waals surface area contributed by atoms with Crippen molar-refractivity contribution in [2.24, 2.45) is 10.5 Å². The fourth-order valence-corrected chi connectivity index (χ4v) is 5.64. The predicted molar refractivity (Wildman–Crippen MR) is 135 cm³/mol. The molecule has 3 unspecified atom stereocenters. The van der Waals surface area contributed by atoms with E-state index in [0.717, 1.165) is 12.1 Å². The molecule has 45 heavy (non-hydrogen) atoms. The normalized spacial score (nSPS) is 19.9. The number of hydrogen-bond donors (Lipinski definition) is 2. The summed E-state index contributed by atoms with van der Waals surface area (Å²) < 4.78 is 165. The first-order valence-corrected chi connectivity index (χ1v) is 13.2. The van der Waals surface area contributed by atoms with E-state index >= 15 is 0 Å². The molecule has 2 aromatic rings. The van der Waals surface area contributed by atoms with Crippen LogP contribution < -0.4 is 5.01 Å². The largest absolute Gasteiger partial charge is 0.417 e. The van der Waals surface area contributed by atoms with Crippen molar-refractivity contribution < 1.29 is 62.9 Å². The molecule has 0 saturated carbocycles. The highest BCUT2D eigenvalue weighted by atomic mass is 127. The number of nitriles is 3. The summed E-state index contributed by atoms with van der Waals surface area (Å²) in [6.07, 6.45) is -28.6. The third-order valence-electron chi connectivity index (χ3n) is 6.75. The summed E-state index contributed by atoms with van der Waals surface area (Å²) in [7, 11) is 0. The van der Waals surface area contributed by atoms with Crippen LogP contribution in [0.25, 0.3) is 0 Å². The molecule has 1 heterocycles. The van der Waals surface area contributed by atoms with Gasteiger partial charge in [-0.25, -0.2) is 5.01 Å². The second-order valence-corrected chi connectivity index (χ2v) is 10.4. The maximum atomic E-state index is 13.8. The van der Waals surface area contributed by atoms with Crippen molar-refractivity contribution >= 4 is 34.0 Å². The smallest absolute Gasteiger partial charge is 0.387 e. The minimum Gasteiger partial charge on any atom is -0.387 e. The summed E-state index contributed by atoms with van der Waals surface area (Å²) >= 11 is 1.55. The van der Waals surface area contributed by atoms with Crippen molar-refractivity contribution in [1.82, 2.24) is 0 Å². The van der Waals surface area contributed by atoms with Gasteiger partial charge in [0.2, 0.25) is 0 Å². The molecule has 0 bridgehead atoms. The lowest BCUT2D eigenvalue weighted by molar-refractivity contribution is -0.145. The second-order valence-electron chi connectivity index (χ2n) is 9.28. The van der Waals surface area contributed by atoms with Crippen LogP contribution in [0.1, 0.15) is 51.5 Å². The molecule has 7 nitrogen and oxygen atoms in total. The molecule has 0 aromatic heterocycles. The SMILES string of the molecule is N#CC1=NN(c2cc(C(F)(F)F)c(C#N)c(C(F)(F)F)c2)C(O)C1(CCI)C(O)c1cc(C(F)(F)F)c(C#N)c(C(F)(F)F)c1. The van der Waals surface area contributed by atoms with E-state index < -0.39 is 99.2 Å². The molecule has 2 N–H and O–H groups in total. The zero-order valence-electron chi connectivity index (χ0n) is 21.4. The number of rotatable bonds is 5. The van der Waals surface area contributed by atoms with Gasteiger partial charge in [-0.15, -0.1) is 0 Å². The molecule has 0 saturated heterocycles. The van der Waals surface area contributed by atoms with Gasteiger partial charge in [0.1, 0.15) is 23.6 Å². The number of aliphatic hydroxyl groups excluding tert-OH is 2. The van der Waals surface area contributed by atoms with Crippen LogP contribution in [-0.4, -0.2) is 26.6 Å². The predicted octanol–water partition coefficient (Wildman–Crippen LogP) is 7.07. The van der Waals surface area contributed by atoms with Crippen LogP contribution in [0.15, 0.2) is 29.4 Å². The van der Waals surface area contributed by atoms with E-state index in [2.05, 4.69) is 5.10 Å². The van der Waals surface area contributed by atoms with Crippen LogP contribution in [0.5, 0.6) is 0 Å². The van der Waals surface area contributed by atoms with Crippen molar-refractivity contribution in [2.45, 2.75) is 43.5 Å². The lowest BCUT2D eigenvalue weighted by Crippen LogP contribution is -2.48. The Morgan fingerprint density at radius 3 is 1.44 bits per heavy atom. The number of halogens is 13. The summed E-state index contributed by atoms with van der Waals surface area (Å²) in [6, 6.07) is 2.68. The molecule has 0 spiro atoms. The molecule has 0 radical (unpaired) electrons. The molecule has 1 aliphatic heterocycles. The van der Waals surface area contributed by atoms with Gasteiger partial charge in [0.25, 0.3) is 0 Å². The lowest BCUT2D eigenvalue weighted by Gasteiger charge is -2.38. The van der Waals surface area contributed by atoms with E-state index in [0.29, 0.717) is 0 Å². The van der Waals surface area contributed by atoms with Crippen LogP contribution in [0.4, 0.5) is 58.4 Å². The average molecular weight is 769 g/mol. The maximum Gasteiger partial charge on any atom is 0.417 e. The molecule has 1 aliphatic rings. The quantitative estimate of drug-likeness (QED) is 0.191. The topological polar surface area (TPSA) is 127 Å². The summed E-state index contributed by atoms with van der Waals surface area (Å²) in [5.74, 6) is 0. The van der Waals surface area contributed by atoms with Crippen molar-refractivity contribution in [2.75, 3.05) is 9.44 Å². The molecule has 3 rings (SSSR count). The fraction of sp³-hybridized carbons (Fsp3) is 0.360. The number of nitrogens with zero attached hydrogens (tertiary/aromatic N) is 5. The Bertz CT molecular complexity index is 1590. The average Bonchev–Trinajstić information content (AvgIpc) is 3.21. The van der Waals surface area contributed by atoms with Gasteiger partial charge in [0.15, 0.2) is 11.9 Å². The van der Waals surface area contributed by atoms with E-state index in [9.17, 15) is 68.2 Å². The third-order valence-corrected chi connectivity index (χ3v) is 7.29. The van der Waals surface area contributed by atoms with Crippen molar-refractivity contribution in [3.8, 4) is 18.2 Å². The number of anilines is 1. The molecule has 2 aromatic carbocycles. The van der Waals surface area contributed by atoms with E-state index in [1.54, 1.807) is 22.6 Å². The third kappa shape index (κ3) is 6.34. The second kappa shape index (κ2) is 11.8. The lowest BCUT2D eigenvalue weighted by atomic mass is 9.71. The summed E-state index contributed by atoms with van der Waals surface area (Å²) in [6.45, 7) is 0. The molecule has 0 fully saturated rings. The van der Waals surface area contributed by atoms with Gasteiger partial charge in [0, 0.05) is 4.43 Å². The molecular formula is C25H12F12IN5O2. The number of alkyl halides is 13. The monoisotopic (exact) mass is 769 g/mol. The van der Waals surface area contributed by atoms with Crippen LogP contribution in [0.3, 0.4) is 0 Å². The minimum absolute atomic E-state index is 0.00129. The van der Waals surface area contributed by atoms with E-state index in [-0.39, 0.29) is 33.7 Å². The zero-order chi connectivity index (χ0) is 34.5. The molecule has 0 amide bonds. The van der Waals surface area contributed by atoms with Crippen LogP contribution in [-0.2, 0) is 24.7 Å². The van der Waals surface area contributed by atoms with Gasteiger partial charge in [-0.2, -0.15) is 73.6 Å². The molecule has 3 atom stereocenters. The van der Waals surface area contributed by atoms with Gasteiger partial charge >= 0.3 is 24.7 Å². The van der Waals surface area contributed by atoms with Crippen molar-refractivity contribution in [3.05, 3.63) is 63.2 Å². The Morgan fingerprint density at radius 2 is 1.13 bits per heavy atom. The van der Waals surface area contributed by atoms with E-state index in [4.69, 9.17) is 10.5 Å². The number of aliphatic hydroxyl groups is 2. The summed E-state index contributed by atoms with van der Waals surface area (Å²) in [5.41, 5.74) is -18.8. The number of hydrogen-bond acceptors (Lipinski definition) is 7. The molecular weight excluding hydrogens is 757 g/mol. The van der Waals surface area contributed by atoms with Crippen molar-refractivity contribution in [3.63, 3.8) is 0 Å². The first kappa shape index (κ1) is 35.7. The van der Waals surface area contributed by atoms with Gasteiger partial charge in [0.05, 0.1) is 45.2 Å². The fourth-order valence-electron chi connectivity index (χ4n) is 4.75. The first-order chi connectivity index (χ1) is 20.5. The number of benzene rings is 2. The Kier molecular flexibility index (Phi) is 9.39. The van der Waals surface area contributed by atoms with Crippen LogP contribution >= 0.6 is 22.6 Å². The highest BCUT2D eigenvalue weighted by molar-refractivity contribution is 14.1. The standard InChI is InChI=1S/C25H12F12IN5O2/c26-22(27,28)14-3-10(4-15(12(14)7-39)23(29,30)31)19(44)21(1-2-38)18(9-41)42-43(20(21)45)11-5-16(24(32,33)34)13(8-40)17(6-11)25(35,36)37/h3-6,19-20,44-45H,1-2H2. The Balaban J connectivity index is 2.37. The maximum absolute atomic E-state index is 13.8. The minimum atomic E-state index is -5.62. The molecule has 240 valence electrons. The highest BCUT2D eigenvalue weighted by Crippen LogP contribution is 2.51. The van der Waals surface area contributed by atoms with Crippen LogP contribution in [0, 0.1) is 39.4 Å². The molecule has 0 aliphatic carbocycles. The van der Waals surface area contributed by atoms with E-state index in [1.165, 1.54) is 6.07 Å². The van der Waals surface area contributed by atoms with Crippen molar-refractivity contribution in [1.29, 1.82) is 15.8 Å². The van der Waals surface area contributed by atoms with Crippen LogP contribution in [0.2, 0.25) is 0 Å². The van der Waals surface area contributed by atoms with Gasteiger partial charge in [-0.05, 0) is 36.2 Å².